The lowest BCUT2D eigenvalue weighted by Crippen LogP contribution is -2.44. The number of para-hydroxylation sites is 6. The van der Waals surface area contributed by atoms with Gasteiger partial charge >= 0.3 is 14.1 Å². The van der Waals surface area contributed by atoms with Gasteiger partial charge in [-0.25, -0.2) is 0 Å². The Bertz CT molecular complexity index is 4950. The summed E-state index contributed by atoms with van der Waals surface area (Å²) in [5.74, 6) is 0. The first-order valence-electron chi connectivity index (χ1n) is 32.3. The molecule has 2 aliphatic rings. The van der Waals surface area contributed by atoms with E-state index in [0.29, 0.717) is 0 Å². The number of halogens is 3. The number of rotatable bonds is 6. The molecule has 0 saturated carbocycles. The van der Waals surface area contributed by atoms with Gasteiger partial charge in [0.05, 0.1) is 77.7 Å². The molecule has 10 nitrogen and oxygen atoms in total. The van der Waals surface area contributed by atoms with Gasteiger partial charge in [-0.2, -0.15) is 0 Å². The molecule has 0 atom stereocenters. The largest absolute Gasteiger partial charge is 0.494 e. The number of benzene rings is 10. The second-order valence-corrected chi connectivity index (χ2v) is 28.2. The lowest BCUT2D eigenvalue weighted by atomic mass is 9.63. The van der Waals surface area contributed by atoms with E-state index in [1.807, 2.05) is 37.6 Å². The predicted molar refractivity (Wildman–Crippen MR) is 428 cm³/mol. The molecular formula is C80H82B3BrI2N4O6. The van der Waals surface area contributed by atoms with Crippen molar-refractivity contribution in [2.24, 2.45) is 0 Å². The van der Waals surface area contributed by atoms with Crippen molar-refractivity contribution in [3.8, 4) is 22.7 Å². The first-order chi connectivity index (χ1) is 45.7. The summed E-state index contributed by atoms with van der Waals surface area (Å²) in [5, 5.41) is 28.3. The van der Waals surface area contributed by atoms with Gasteiger partial charge in [0.25, 0.3) is 0 Å². The van der Waals surface area contributed by atoms with Crippen molar-refractivity contribution in [3.63, 3.8) is 0 Å². The molecule has 0 aliphatic carbocycles. The van der Waals surface area contributed by atoms with Gasteiger partial charge in [0, 0.05) is 70.3 Å². The quantitative estimate of drug-likeness (QED) is 0.0978. The Morgan fingerprint density at radius 3 is 0.833 bits per heavy atom. The summed E-state index contributed by atoms with van der Waals surface area (Å²) >= 11 is 7.87. The second kappa shape index (κ2) is 27.9. The van der Waals surface area contributed by atoms with Crippen LogP contribution in [0.15, 0.2) is 235 Å². The molecule has 0 amide bonds. The Morgan fingerprint density at radius 2 is 0.562 bits per heavy atom. The highest BCUT2D eigenvalue weighted by Crippen LogP contribution is 2.41. The standard InChI is InChI=1S/C36H31BN2O2.C30H19BrN2.C6H12B2O2.C6H14O2.2CH3I/c1-35(2)36(3,4)41-37(40-35)24-17-19-25(20-18-24)38-33-16-10-7-13-29(33)30-23-26(21-22-34(30)38)39-31-14-8-5-11-27(31)28-12-6-9-15-32(28)39;31-20-13-15-21(16-14-20)32-29-12-6-3-9-25(29)26-19-22(17-18-30(26)32)33-27-10-4-1-7-23(27)24-8-2-5-11-28(24)33;1-5(2)6(3,4)10-8(7)9-5;1-5(2,7)6(3,4)8;2*1-2/h5-23H,1-4H3;1-19H;1-4H3;7-8H,1-4H3;2*1H3. The molecule has 6 heterocycles. The van der Waals surface area contributed by atoms with Gasteiger partial charge in [0.2, 0.25) is 0 Å². The third-order valence-electron chi connectivity index (χ3n) is 19.5. The van der Waals surface area contributed by atoms with Crippen LogP contribution in [-0.2, 0) is 18.6 Å². The number of fused-ring (bicyclic) bond motifs is 12. The van der Waals surface area contributed by atoms with Crippen LogP contribution in [0.2, 0.25) is 0 Å². The van der Waals surface area contributed by atoms with E-state index < -0.39 is 18.2 Å². The van der Waals surface area contributed by atoms with E-state index in [4.69, 9.17) is 36.6 Å². The smallest absolute Gasteiger partial charge is 0.411 e. The maximum atomic E-state index is 9.10. The maximum absolute atomic E-state index is 9.10. The van der Waals surface area contributed by atoms with Crippen molar-refractivity contribution in [3.05, 3.63) is 235 Å². The van der Waals surface area contributed by atoms with Crippen LogP contribution >= 0.6 is 61.1 Å². The highest BCUT2D eigenvalue weighted by molar-refractivity contribution is 14.1. The first kappa shape index (κ1) is 70.6. The van der Waals surface area contributed by atoms with E-state index in [0.717, 1.165) is 27.0 Å². The van der Waals surface area contributed by atoms with Crippen LogP contribution in [-0.4, -0.2) is 93.8 Å². The van der Waals surface area contributed by atoms with Crippen molar-refractivity contribution >= 4 is 176 Å². The average Bonchev–Trinajstić information content (AvgIpc) is 1.58. The zero-order chi connectivity index (χ0) is 68.9. The van der Waals surface area contributed by atoms with Crippen molar-refractivity contribution in [2.75, 3.05) is 9.86 Å². The molecule has 488 valence electrons. The van der Waals surface area contributed by atoms with Crippen molar-refractivity contribution in [1.29, 1.82) is 0 Å². The Balaban J connectivity index is 0.000000151. The fourth-order valence-electron chi connectivity index (χ4n) is 12.4. The van der Waals surface area contributed by atoms with Crippen molar-refractivity contribution in [1.82, 2.24) is 18.3 Å². The third kappa shape index (κ3) is 13.4. The lowest BCUT2D eigenvalue weighted by molar-refractivity contribution is -0.107. The minimum atomic E-state index is -1.01. The van der Waals surface area contributed by atoms with Crippen LogP contribution in [0.1, 0.15) is 83.1 Å². The van der Waals surface area contributed by atoms with E-state index in [9.17, 15) is 0 Å². The van der Waals surface area contributed by atoms with Gasteiger partial charge in [-0.05, 0) is 208 Å². The summed E-state index contributed by atoms with van der Waals surface area (Å²) in [6.07, 6.45) is 0. The van der Waals surface area contributed by atoms with Crippen LogP contribution in [0.25, 0.3) is 110 Å². The Kier molecular flexibility index (Phi) is 20.5. The fourth-order valence-corrected chi connectivity index (χ4v) is 12.7. The van der Waals surface area contributed by atoms with Crippen molar-refractivity contribution in [2.45, 2.75) is 117 Å². The molecule has 16 rings (SSSR count). The highest BCUT2D eigenvalue weighted by Gasteiger charge is 2.52. The first-order valence-corrected chi connectivity index (χ1v) is 37.4. The highest BCUT2D eigenvalue weighted by atomic mass is 127. The minimum absolute atomic E-state index is 0.285. The average molecular weight is 1560 g/mol. The molecule has 14 aromatic rings. The monoisotopic (exact) mass is 1560 g/mol. The van der Waals surface area contributed by atoms with E-state index in [2.05, 4.69) is 338 Å². The molecule has 16 heteroatoms. The van der Waals surface area contributed by atoms with Gasteiger partial charge in [-0.3, -0.25) is 0 Å². The molecule has 4 aromatic heterocycles. The zero-order valence-corrected chi connectivity index (χ0v) is 63.0. The molecule has 10 aromatic carbocycles. The lowest BCUT2D eigenvalue weighted by Gasteiger charge is -2.32. The van der Waals surface area contributed by atoms with Gasteiger partial charge < -0.3 is 47.1 Å². The minimum Gasteiger partial charge on any atom is -0.411 e. The van der Waals surface area contributed by atoms with Crippen molar-refractivity contribution < 1.29 is 28.8 Å². The number of aliphatic hydroxyl groups is 2. The van der Waals surface area contributed by atoms with Gasteiger partial charge in [0.15, 0.2) is 0 Å². The molecule has 2 saturated heterocycles. The van der Waals surface area contributed by atoms with Crippen LogP contribution in [0.5, 0.6) is 0 Å². The summed E-state index contributed by atoms with van der Waals surface area (Å²) < 4.78 is 33.8. The van der Waals surface area contributed by atoms with Crippen LogP contribution < -0.4 is 5.46 Å². The van der Waals surface area contributed by atoms with E-state index in [1.165, 1.54) is 92.9 Å². The predicted octanol–water partition coefficient (Wildman–Crippen LogP) is 20.2. The number of hydrogen-bond acceptors (Lipinski definition) is 6. The summed E-state index contributed by atoms with van der Waals surface area (Å²) in [7, 11) is 4.50. The van der Waals surface area contributed by atoms with E-state index in [1.54, 1.807) is 27.7 Å². The molecule has 96 heavy (non-hydrogen) atoms. The topological polar surface area (TPSA) is 97.1 Å². The number of alkyl halides is 2. The molecule has 2 aliphatic heterocycles. The SMILES string of the molecule is Brc1ccc(-n2c3ccccc3c3cc(-n4c5ccccc5c5ccccc54)ccc32)cc1.CC(C)(O)C(C)(C)O.CC1(C)OB(c2ccc(-n3c4ccccc4c4cc(-n5c6ccccc6c6ccccc65)ccc43)cc2)OC1(C)C.CI.CI.[B]B1OC(C)(C)C(C)(C)O1. The number of nitrogens with zero attached hydrogens (tertiary/aromatic N) is 4. The van der Waals surface area contributed by atoms with Crippen LogP contribution in [0, 0.1) is 0 Å². The normalized spacial score (nSPS) is 15.4. The van der Waals surface area contributed by atoms with Crippen LogP contribution in [0.3, 0.4) is 0 Å². The van der Waals surface area contributed by atoms with E-state index in [-0.39, 0.29) is 29.5 Å². The molecular weight excluding hydrogens is 1480 g/mol. The Morgan fingerprint density at radius 1 is 0.333 bits per heavy atom. The van der Waals surface area contributed by atoms with Crippen LogP contribution in [0.4, 0.5) is 0 Å². The summed E-state index contributed by atoms with van der Waals surface area (Å²) in [5.41, 5.74) is 12.0. The second-order valence-electron chi connectivity index (χ2n) is 27.2. The number of hydrogen-bond donors (Lipinski definition) is 2. The summed E-state index contributed by atoms with van der Waals surface area (Å²) in [4.78, 5) is 3.94. The fraction of sp³-hybridized carbons (Fsp3) is 0.250. The van der Waals surface area contributed by atoms with Gasteiger partial charge in [-0.15, -0.1) is 0 Å². The molecule has 0 unspecified atom stereocenters. The number of aromatic nitrogens is 4. The summed E-state index contributed by atoms with van der Waals surface area (Å²) in [6, 6.07) is 82.8. The molecule has 2 radical (unpaired) electrons. The van der Waals surface area contributed by atoms with Gasteiger partial charge in [0.1, 0.15) is 7.74 Å². The summed E-state index contributed by atoms with van der Waals surface area (Å²) in [6.45, 7) is 22.6. The maximum Gasteiger partial charge on any atom is 0.494 e. The molecule has 0 bridgehead atoms. The van der Waals surface area contributed by atoms with E-state index >= 15 is 0 Å². The van der Waals surface area contributed by atoms with Gasteiger partial charge in [-0.1, -0.05) is 182 Å². The Labute approximate surface area is 602 Å². The zero-order valence-electron chi connectivity index (χ0n) is 57.1. The Hall–Kier alpha value is -6.71. The third-order valence-corrected chi connectivity index (χ3v) is 20.0. The molecule has 2 N–H and O–H groups in total. The molecule has 0 spiro atoms. The molecule has 2 fully saturated rings.